The predicted octanol–water partition coefficient (Wildman–Crippen LogP) is 1.98. The van der Waals surface area contributed by atoms with Crippen LogP contribution >= 0.6 is 0 Å². The topological polar surface area (TPSA) is 73.0 Å². The number of nitrogens with zero attached hydrogens (tertiary/aromatic N) is 3. The lowest BCUT2D eigenvalue weighted by molar-refractivity contribution is -0.140. The van der Waals surface area contributed by atoms with Crippen LogP contribution in [-0.4, -0.2) is 65.9 Å². The molecule has 1 spiro atoms. The Labute approximate surface area is 173 Å². The summed E-state index contributed by atoms with van der Waals surface area (Å²) in [6, 6.07) is 9.88. The molecule has 2 saturated heterocycles. The molecule has 0 unspecified atom stereocenters. The summed E-state index contributed by atoms with van der Waals surface area (Å²) in [4.78, 5) is 43.7. The van der Waals surface area contributed by atoms with Gasteiger partial charge < -0.3 is 20.0 Å². The van der Waals surface area contributed by atoms with E-state index in [-0.39, 0.29) is 24.3 Å². The van der Waals surface area contributed by atoms with Crippen molar-refractivity contribution in [3.05, 3.63) is 30.3 Å². The molecular formula is C22H32N4O3. The molecule has 29 heavy (non-hydrogen) atoms. The van der Waals surface area contributed by atoms with Crippen molar-refractivity contribution in [3.8, 4) is 0 Å². The van der Waals surface area contributed by atoms with Crippen molar-refractivity contribution in [2.24, 2.45) is 0 Å². The third-order valence-electron chi connectivity index (χ3n) is 5.98. The molecule has 7 heteroatoms. The van der Waals surface area contributed by atoms with E-state index in [1.807, 2.05) is 42.2 Å². The SMILES string of the molecule is CCCCC(=O)N1CCC2(CC1)C(=O)N(CC(=O)NCC)CN2c1ccccc1. The van der Waals surface area contributed by atoms with Gasteiger partial charge in [-0.2, -0.15) is 0 Å². The van der Waals surface area contributed by atoms with Gasteiger partial charge in [0.25, 0.3) is 5.91 Å². The van der Waals surface area contributed by atoms with E-state index >= 15 is 0 Å². The van der Waals surface area contributed by atoms with Gasteiger partial charge in [0.1, 0.15) is 12.1 Å². The maximum atomic E-state index is 13.5. The molecule has 0 atom stereocenters. The van der Waals surface area contributed by atoms with E-state index in [0.717, 1.165) is 18.5 Å². The molecule has 0 aromatic heterocycles. The Kier molecular flexibility index (Phi) is 6.77. The molecule has 0 bridgehead atoms. The van der Waals surface area contributed by atoms with Gasteiger partial charge in [-0.15, -0.1) is 0 Å². The minimum Gasteiger partial charge on any atom is -0.355 e. The Morgan fingerprint density at radius 2 is 1.79 bits per heavy atom. The number of likely N-dealkylation sites (N-methyl/N-ethyl adjacent to an activating group) is 1. The van der Waals surface area contributed by atoms with Crippen LogP contribution in [0.4, 0.5) is 5.69 Å². The molecule has 158 valence electrons. The maximum Gasteiger partial charge on any atom is 0.250 e. The van der Waals surface area contributed by atoms with Crippen LogP contribution in [0.2, 0.25) is 0 Å². The molecule has 7 nitrogen and oxygen atoms in total. The first-order valence-electron chi connectivity index (χ1n) is 10.7. The zero-order chi connectivity index (χ0) is 20.9. The summed E-state index contributed by atoms with van der Waals surface area (Å²) in [5.74, 6) is 0.0314. The largest absolute Gasteiger partial charge is 0.355 e. The van der Waals surface area contributed by atoms with Crippen molar-refractivity contribution in [1.29, 1.82) is 0 Å². The summed E-state index contributed by atoms with van der Waals surface area (Å²) in [6.45, 7) is 6.10. The quantitative estimate of drug-likeness (QED) is 0.760. The summed E-state index contributed by atoms with van der Waals surface area (Å²) >= 11 is 0. The number of carbonyl (C=O) groups excluding carboxylic acids is 3. The fourth-order valence-corrected chi connectivity index (χ4v) is 4.36. The smallest absolute Gasteiger partial charge is 0.250 e. The number of anilines is 1. The van der Waals surface area contributed by atoms with Gasteiger partial charge >= 0.3 is 0 Å². The van der Waals surface area contributed by atoms with E-state index in [1.165, 1.54) is 0 Å². The number of benzene rings is 1. The van der Waals surface area contributed by atoms with Gasteiger partial charge in [-0.1, -0.05) is 31.5 Å². The van der Waals surface area contributed by atoms with Crippen LogP contribution in [0, 0.1) is 0 Å². The Morgan fingerprint density at radius 1 is 1.10 bits per heavy atom. The van der Waals surface area contributed by atoms with Crippen LogP contribution < -0.4 is 10.2 Å². The van der Waals surface area contributed by atoms with E-state index in [1.54, 1.807) is 4.90 Å². The molecule has 1 aromatic rings. The zero-order valence-corrected chi connectivity index (χ0v) is 17.5. The first kappa shape index (κ1) is 21.1. The Hall–Kier alpha value is -2.57. The molecular weight excluding hydrogens is 368 g/mol. The molecule has 2 aliphatic heterocycles. The first-order valence-corrected chi connectivity index (χ1v) is 10.7. The molecule has 3 rings (SSSR count). The second kappa shape index (κ2) is 9.29. The highest BCUT2D eigenvalue weighted by atomic mass is 16.2. The van der Waals surface area contributed by atoms with Gasteiger partial charge in [-0.05, 0) is 38.3 Å². The molecule has 2 fully saturated rings. The van der Waals surface area contributed by atoms with Crippen LogP contribution in [0.3, 0.4) is 0 Å². The fourth-order valence-electron chi connectivity index (χ4n) is 4.36. The number of unbranched alkanes of at least 4 members (excludes halogenated alkanes) is 1. The minimum atomic E-state index is -0.685. The second-order valence-electron chi connectivity index (χ2n) is 7.88. The van der Waals surface area contributed by atoms with Gasteiger partial charge in [0, 0.05) is 31.7 Å². The van der Waals surface area contributed by atoms with E-state index < -0.39 is 5.54 Å². The highest BCUT2D eigenvalue weighted by molar-refractivity contribution is 5.96. The lowest BCUT2D eigenvalue weighted by atomic mass is 9.85. The number of rotatable bonds is 7. The number of likely N-dealkylation sites (tertiary alicyclic amines) is 1. The summed E-state index contributed by atoms with van der Waals surface area (Å²) in [5.41, 5.74) is 0.292. The maximum absolute atomic E-state index is 13.5. The van der Waals surface area contributed by atoms with E-state index in [9.17, 15) is 14.4 Å². The van der Waals surface area contributed by atoms with Crippen molar-refractivity contribution in [2.45, 2.75) is 51.5 Å². The third-order valence-corrected chi connectivity index (χ3v) is 5.98. The molecule has 0 aliphatic carbocycles. The summed E-state index contributed by atoms with van der Waals surface area (Å²) in [6.07, 6.45) is 3.65. The number of hydrogen-bond donors (Lipinski definition) is 1. The van der Waals surface area contributed by atoms with Crippen LogP contribution in [0.1, 0.15) is 46.0 Å². The summed E-state index contributed by atoms with van der Waals surface area (Å²) in [7, 11) is 0. The van der Waals surface area contributed by atoms with E-state index in [4.69, 9.17) is 0 Å². The lowest BCUT2D eigenvalue weighted by Gasteiger charge is -2.43. The first-order chi connectivity index (χ1) is 14.0. The standard InChI is InChI=1S/C22H32N4O3/c1-3-5-11-20(28)24-14-12-22(13-15-24)21(29)25(16-19(27)23-4-2)17-26(22)18-9-7-6-8-10-18/h6-10H,3-5,11-17H2,1-2H3,(H,23,27). The third kappa shape index (κ3) is 4.38. The van der Waals surface area contributed by atoms with Crippen LogP contribution in [0.25, 0.3) is 0 Å². The van der Waals surface area contributed by atoms with Gasteiger partial charge in [0.05, 0.1) is 6.67 Å². The van der Waals surface area contributed by atoms with E-state index in [0.29, 0.717) is 45.6 Å². The van der Waals surface area contributed by atoms with Crippen LogP contribution in [0.15, 0.2) is 30.3 Å². The average Bonchev–Trinajstić information content (AvgIpc) is 2.99. The normalized spacial score (nSPS) is 18.4. The van der Waals surface area contributed by atoms with Crippen LogP contribution in [0.5, 0.6) is 0 Å². The van der Waals surface area contributed by atoms with Gasteiger partial charge in [-0.25, -0.2) is 0 Å². The molecule has 3 amide bonds. The minimum absolute atomic E-state index is 0.00624. The molecule has 0 radical (unpaired) electrons. The number of amides is 3. The van der Waals surface area contributed by atoms with Crippen molar-refractivity contribution in [1.82, 2.24) is 15.1 Å². The van der Waals surface area contributed by atoms with Crippen LogP contribution in [-0.2, 0) is 14.4 Å². The lowest BCUT2D eigenvalue weighted by Crippen LogP contribution is -2.57. The molecule has 1 aromatic carbocycles. The van der Waals surface area contributed by atoms with E-state index in [2.05, 4.69) is 17.1 Å². The van der Waals surface area contributed by atoms with Crippen molar-refractivity contribution in [3.63, 3.8) is 0 Å². The Bertz CT molecular complexity index is 729. The van der Waals surface area contributed by atoms with Gasteiger partial charge in [0.2, 0.25) is 11.8 Å². The predicted molar refractivity (Wildman–Crippen MR) is 112 cm³/mol. The number of piperidine rings is 1. The number of carbonyl (C=O) groups is 3. The number of hydrogen-bond acceptors (Lipinski definition) is 4. The molecule has 1 N–H and O–H groups in total. The Balaban J connectivity index is 1.79. The number of para-hydroxylation sites is 1. The molecule has 0 saturated carbocycles. The Morgan fingerprint density at radius 3 is 2.41 bits per heavy atom. The fraction of sp³-hybridized carbons (Fsp3) is 0.591. The second-order valence-corrected chi connectivity index (χ2v) is 7.88. The van der Waals surface area contributed by atoms with Gasteiger partial charge in [-0.3, -0.25) is 14.4 Å². The summed E-state index contributed by atoms with van der Waals surface area (Å²) < 4.78 is 0. The zero-order valence-electron chi connectivity index (χ0n) is 17.5. The van der Waals surface area contributed by atoms with Gasteiger partial charge in [0.15, 0.2) is 0 Å². The average molecular weight is 401 g/mol. The highest BCUT2D eigenvalue weighted by Gasteiger charge is 2.54. The summed E-state index contributed by atoms with van der Waals surface area (Å²) in [5, 5.41) is 2.78. The number of nitrogens with one attached hydrogen (secondary N) is 1. The molecule has 2 aliphatic rings. The van der Waals surface area contributed by atoms with Crippen molar-refractivity contribution < 1.29 is 14.4 Å². The monoisotopic (exact) mass is 400 g/mol. The van der Waals surface area contributed by atoms with Crippen molar-refractivity contribution in [2.75, 3.05) is 37.7 Å². The van der Waals surface area contributed by atoms with Crippen molar-refractivity contribution >= 4 is 23.4 Å². The molecule has 2 heterocycles. The highest BCUT2D eigenvalue weighted by Crippen LogP contribution is 2.39.